The lowest BCUT2D eigenvalue weighted by molar-refractivity contribution is 0.597. The highest BCUT2D eigenvalue weighted by atomic mass is 19.1. The Kier molecular flexibility index (Phi) is 4.01. The Morgan fingerprint density at radius 1 is 1.38 bits per heavy atom. The van der Waals surface area contributed by atoms with Crippen LogP contribution in [0, 0.1) is 17.7 Å². The fraction of sp³-hybridized carbons (Fsp3) is 0.273. The predicted molar refractivity (Wildman–Crippen MR) is 51.6 cm³/mol. The second kappa shape index (κ2) is 5.34. The molecule has 2 heteroatoms. The summed E-state index contributed by atoms with van der Waals surface area (Å²) in [5.74, 6) is 5.45. The first-order valence-corrected chi connectivity index (χ1v) is 4.18. The van der Waals surface area contributed by atoms with E-state index in [1.807, 2.05) is 6.07 Å². The van der Waals surface area contributed by atoms with Gasteiger partial charge in [0.1, 0.15) is 5.82 Å². The molecule has 0 bridgehead atoms. The molecule has 0 radical (unpaired) electrons. The Hall–Kier alpha value is -1.33. The average molecular weight is 177 g/mol. The largest absolute Gasteiger partial charge is 0.302 e. The van der Waals surface area contributed by atoms with Crippen LogP contribution in [0.4, 0.5) is 4.39 Å². The molecule has 0 aromatic heterocycles. The number of benzene rings is 1. The van der Waals surface area contributed by atoms with E-state index in [4.69, 9.17) is 0 Å². The molecule has 0 unspecified atom stereocenters. The van der Waals surface area contributed by atoms with E-state index in [9.17, 15) is 4.39 Å². The molecule has 0 fully saturated rings. The summed E-state index contributed by atoms with van der Waals surface area (Å²) in [5, 5.41) is 3.03. The number of hydrogen-bond donors (Lipinski definition) is 1. The van der Waals surface area contributed by atoms with Crippen molar-refractivity contribution in [1.29, 1.82) is 0 Å². The third-order valence-corrected chi connectivity index (χ3v) is 1.66. The minimum Gasteiger partial charge on any atom is -0.302 e. The van der Waals surface area contributed by atoms with Gasteiger partial charge >= 0.3 is 0 Å². The lowest BCUT2D eigenvalue weighted by Crippen LogP contribution is -2.14. The van der Waals surface area contributed by atoms with Crippen LogP contribution in [0.2, 0.25) is 0 Å². The Bertz CT molecular complexity index is 322. The standard InChI is InChI=1S/C11H12FN/c1-2-3-8-13-9-10-6-4-5-7-11(10)12/h4-7,13H,8-9H2,1H3. The first kappa shape index (κ1) is 9.76. The summed E-state index contributed by atoms with van der Waals surface area (Å²) < 4.78 is 13.0. The van der Waals surface area contributed by atoms with E-state index in [0.717, 1.165) is 0 Å². The van der Waals surface area contributed by atoms with E-state index in [-0.39, 0.29) is 5.82 Å². The van der Waals surface area contributed by atoms with Crippen LogP contribution in [0.3, 0.4) is 0 Å². The first-order chi connectivity index (χ1) is 6.34. The summed E-state index contributed by atoms with van der Waals surface area (Å²) in [5.41, 5.74) is 0.681. The third-order valence-electron chi connectivity index (χ3n) is 1.66. The van der Waals surface area contributed by atoms with Gasteiger partial charge in [0.25, 0.3) is 0 Å². The van der Waals surface area contributed by atoms with Gasteiger partial charge in [0.15, 0.2) is 0 Å². The maximum absolute atomic E-state index is 13.0. The number of rotatable bonds is 3. The van der Waals surface area contributed by atoms with Gasteiger partial charge in [0.2, 0.25) is 0 Å². The SMILES string of the molecule is CC#CCNCc1ccccc1F. The molecular weight excluding hydrogens is 165 g/mol. The number of halogens is 1. The topological polar surface area (TPSA) is 12.0 Å². The van der Waals surface area contributed by atoms with Crippen LogP contribution in [0.15, 0.2) is 24.3 Å². The van der Waals surface area contributed by atoms with Crippen molar-refractivity contribution in [1.82, 2.24) is 5.32 Å². The molecule has 68 valence electrons. The molecule has 13 heavy (non-hydrogen) atoms. The summed E-state index contributed by atoms with van der Waals surface area (Å²) in [6, 6.07) is 6.74. The van der Waals surface area contributed by atoms with E-state index in [1.54, 1.807) is 19.1 Å². The smallest absolute Gasteiger partial charge is 0.127 e. The number of hydrogen-bond acceptors (Lipinski definition) is 1. The van der Waals surface area contributed by atoms with Crippen LogP contribution in [0.25, 0.3) is 0 Å². The van der Waals surface area contributed by atoms with Crippen molar-refractivity contribution in [2.24, 2.45) is 0 Å². The highest BCUT2D eigenvalue weighted by molar-refractivity contribution is 5.17. The first-order valence-electron chi connectivity index (χ1n) is 4.18. The summed E-state index contributed by atoms with van der Waals surface area (Å²) in [6.07, 6.45) is 0. The average Bonchev–Trinajstić information content (AvgIpc) is 2.15. The molecule has 1 N–H and O–H groups in total. The molecule has 1 aromatic carbocycles. The Balaban J connectivity index is 2.44. The van der Waals surface area contributed by atoms with Crippen molar-refractivity contribution in [3.8, 4) is 11.8 Å². The van der Waals surface area contributed by atoms with Crippen LogP contribution in [-0.2, 0) is 6.54 Å². The van der Waals surface area contributed by atoms with Gasteiger partial charge < -0.3 is 5.32 Å². The zero-order valence-electron chi connectivity index (χ0n) is 7.60. The summed E-state index contributed by atoms with van der Waals surface area (Å²) >= 11 is 0. The quantitative estimate of drug-likeness (QED) is 0.549. The van der Waals surface area contributed by atoms with Gasteiger partial charge in [-0.1, -0.05) is 24.1 Å². The summed E-state index contributed by atoms with van der Waals surface area (Å²) in [6.45, 7) is 2.91. The van der Waals surface area contributed by atoms with Crippen molar-refractivity contribution in [3.05, 3.63) is 35.6 Å². The second-order valence-corrected chi connectivity index (χ2v) is 2.62. The fourth-order valence-electron chi connectivity index (χ4n) is 0.990. The molecule has 0 amide bonds. The van der Waals surface area contributed by atoms with Crippen LogP contribution < -0.4 is 5.32 Å². The second-order valence-electron chi connectivity index (χ2n) is 2.62. The van der Waals surface area contributed by atoms with Gasteiger partial charge in [0, 0.05) is 12.1 Å². The van der Waals surface area contributed by atoms with Gasteiger partial charge in [-0.2, -0.15) is 0 Å². The maximum atomic E-state index is 13.0. The van der Waals surface area contributed by atoms with Gasteiger partial charge in [-0.15, -0.1) is 5.92 Å². The van der Waals surface area contributed by atoms with Crippen molar-refractivity contribution in [3.63, 3.8) is 0 Å². The lowest BCUT2D eigenvalue weighted by Gasteiger charge is -2.01. The Labute approximate surface area is 78.0 Å². The monoisotopic (exact) mass is 177 g/mol. The number of nitrogens with one attached hydrogen (secondary N) is 1. The van der Waals surface area contributed by atoms with E-state index < -0.39 is 0 Å². The van der Waals surface area contributed by atoms with Crippen molar-refractivity contribution < 1.29 is 4.39 Å². The lowest BCUT2D eigenvalue weighted by atomic mass is 10.2. The van der Waals surface area contributed by atoms with Gasteiger partial charge in [-0.3, -0.25) is 0 Å². The van der Waals surface area contributed by atoms with Gasteiger partial charge in [0.05, 0.1) is 6.54 Å². The van der Waals surface area contributed by atoms with E-state index in [2.05, 4.69) is 17.2 Å². The molecule has 0 spiro atoms. The predicted octanol–water partition coefficient (Wildman–Crippen LogP) is 1.94. The normalized spacial score (nSPS) is 9.08. The molecule has 0 saturated heterocycles. The fourth-order valence-corrected chi connectivity index (χ4v) is 0.990. The van der Waals surface area contributed by atoms with E-state index in [1.165, 1.54) is 6.07 Å². The Morgan fingerprint density at radius 3 is 2.85 bits per heavy atom. The maximum Gasteiger partial charge on any atom is 0.127 e. The molecular formula is C11H12FN. The highest BCUT2D eigenvalue weighted by Gasteiger charge is 1.97. The van der Waals surface area contributed by atoms with E-state index >= 15 is 0 Å². The van der Waals surface area contributed by atoms with Crippen molar-refractivity contribution in [2.45, 2.75) is 13.5 Å². The van der Waals surface area contributed by atoms with Crippen LogP contribution in [-0.4, -0.2) is 6.54 Å². The van der Waals surface area contributed by atoms with Gasteiger partial charge in [-0.25, -0.2) is 4.39 Å². The minimum absolute atomic E-state index is 0.167. The van der Waals surface area contributed by atoms with Crippen molar-refractivity contribution in [2.75, 3.05) is 6.54 Å². The zero-order chi connectivity index (χ0) is 9.52. The minimum atomic E-state index is -0.167. The van der Waals surface area contributed by atoms with E-state index in [0.29, 0.717) is 18.7 Å². The van der Waals surface area contributed by atoms with Crippen LogP contribution in [0.5, 0.6) is 0 Å². The summed E-state index contributed by atoms with van der Waals surface area (Å²) in [7, 11) is 0. The molecule has 1 aromatic rings. The molecule has 0 aliphatic rings. The van der Waals surface area contributed by atoms with Crippen molar-refractivity contribution >= 4 is 0 Å². The van der Waals surface area contributed by atoms with Crippen LogP contribution >= 0.6 is 0 Å². The molecule has 0 saturated carbocycles. The molecule has 1 rings (SSSR count). The molecule has 0 aliphatic heterocycles. The molecule has 0 aliphatic carbocycles. The third kappa shape index (κ3) is 3.27. The zero-order valence-corrected chi connectivity index (χ0v) is 7.60. The van der Waals surface area contributed by atoms with Gasteiger partial charge in [-0.05, 0) is 13.0 Å². The molecule has 0 atom stereocenters. The highest BCUT2D eigenvalue weighted by Crippen LogP contribution is 2.04. The Morgan fingerprint density at radius 2 is 2.15 bits per heavy atom. The summed E-state index contributed by atoms with van der Waals surface area (Å²) in [4.78, 5) is 0. The van der Waals surface area contributed by atoms with Crippen LogP contribution in [0.1, 0.15) is 12.5 Å². The molecule has 0 heterocycles. The molecule has 1 nitrogen and oxygen atoms in total.